The molecule has 0 radical (unpaired) electrons. The number of furan rings is 1. The number of aryl methyl sites for hydroxylation is 10. The van der Waals surface area contributed by atoms with Crippen LogP contribution in [0.25, 0.3) is 107 Å². The predicted molar refractivity (Wildman–Crippen MR) is 578 cm³/mol. The Morgan fingerprint density at radius 3 is 1.03 bits per heavy atom. The van der Waals surface area contributed by atoms with Crippen LogP contribution >= 0.6 is 79.9 Å². The lowest BCUT2D eigenvalue weighted by Gasteiger charge is -2.26. The van der Waals surface area contributed by atoms with E-state index < -0.39 is 16.8 Å². The van der Waals surface area contributed by atoms with E-state index in [0.717, 1.165) is 215 Å². The molecule has 0 aliphatic carbocycles. The third-order valence-electron chi connectivity index (χ3n) is 24.8. The fraction of sp³-hybridized carbons (Fsp3) is 0.351. The average Bonchev–Trinajstić information content (AvgIpc) is 1.63. The number of carbonyl (C=O) groups excluding carboxylic acids is 5. The van der Waals surface area contributed by atoms with Gasteiger partial charge in [0.05, 0.1) is 26.7 Å². The Morgan fingerprint density at radius 1 is 0.374 bits per heavy atom. The molecule has 1 N–H and O–H groups in total. The van der Waals surface area contributed by atoms with Crippen LogP contribution in [0.5, 0.6) is 11.5 Å². The van der Waals surface area contributed by atoms with E-state index >= 15 is 0 Å². The molecule has 0 saturated carbocycles. The van der Waals surface area contributed by atoms with E-state index in [9.17, 15) is 24.0 Å². The molecule has 1 aliphatic rings. The highest BCUT2D eigenvalue weighted by Crippen LogP contribution is 2.49. The summed E-state index contributed by atoms with van der Waals surface area (Å²) in [6.07, 6.45) is 11.2. The van der Waals surface area contributed by atoms with Gasteiger partial charge >= 0.3 is 17.9 Å². The summed E-state index contributed by atoms with van der Waals surface area (Å²) in [7, 11) is 3.33. The molecule has 25 heteroatoms. The highest BCUT2D eigenvalue weighted by Gasteiger charge is 2.35. The van der Waals surface area contributed by atoms with Crippen molar-refractivity contribution >= 4 is 161 Å². The van der Waals surface area contributed by atoms with Gasteiger partial charge in [-0.15, -0.1) is 56.7 Å². The Morgan fingerprint density at radius 2 is 0.698 bits per heavy atom. The maximum Gasteiger partial charge on any atom is 0.349 e. The number of rotatable bonds is 19. The summed E-state index contributed by atoms with van der Waals surface area (Å²) >= 11 is 19.5. The van der Waals surface area contributed by atoms with Gasteiger partial charge in [-0.2, -0.15) is 0 Å². The quantitative estimate of drug-likeness (QED) is 0.0587. The SMILES string of the molecule is CCc1c(C)nc2sc(C(=O)N3CCCCC3)c(-c3ccc(OC)cc3)c2c1C.CCc1c(C)nc2sc(C(=O)NCc3ccccc3)c(-c3ccc(OC)cc3)c2c1C.CCc1c(C)nc2sc(C(=O)OC(C)(C)C)c(-c3ccc(Cl)cc3)c2c1C.CCc1c(C)nc2sc(C(=O)OC(C)(C)C)c(-c3cccc(Cl)c3)c2c1C.CCc1c(C)nc2sc(C(=O)OC(C)(C)C)c(-c3ccoc3)c2c1C. The van der Waals surface area contributed by atoms with Gasteiger partial charge < -0.3 is 38.3 Å². The largest absolute Gasteiger partial charge is 0.497 e. The summed E-state index contributed by atoms with van der Waals surface area (Å²) in [5.74, 6) is 0.722. The van der Waals surface area contributed by atoms with Crippen molar-refractivity contribution in [3.8, 4) is 67.1 Å². The second-order valence-electron chi connectivity index (χ2n) is 37.7. The van der Waals surface area contributed by atoms with Crippen LogP contribution in [0.2, 0.25) is 10.0 Å². The van der Waals surface area contributed by atoms with E-state index in [1.807, 2.05) is 216 Å². The summed E-state index contributed by atoms with van der Waals surface area (Å²) in [6.45, 7) is 50.6. The molecule has 726 valence electrons. The molecule has 17 rings (SSSR count). The molecular weight excluding hydrogens is 1870 g/mol. The average molecular weight is 2000 g/mol. The van der Waals surface area contributed by atoms with Crippen LogP contribution in [0.1, 0.15) is 254 Å². The Hall–Kier alpha value is -11.5. The van der Waals surface area contributed by atoms with Crippen molar-refractivity contribution in [3.05, 3.63) is 270 Å². The van der Waals surface area contributed by atoms with Crippen LogP contribution in [0, 0.1) is 69.2 Å². The molecule has 5 aromatic carbocycles. The van der Waals surface area contributed by atoms with Crippen molar-refractivity contribution in [2.45, 2.75) is 241 Å². The highest BCUT2D eigenvalue weighted by molar-refractivity contribution is 7.23. The third-order valence-corrected chi connectivity index (χ3v) is 30.6. The number of nitrogens with one attached hydrogen (secondary N) is 1. The minimum atomic E-state index is -0.564. The third kappa shape index (κ3) is 23.4. The van der Waals surface area contributed by atoms with Crippen LogP contribution < -0.4 is 14.8 Å². The standard InChI is InChI=1S/C26H26N2O2S.C24H28N2O2S.2C22H24ClNO2S.C20H23NO3S/c1-5-21-16(2)22-23(19-11-13-20(30-4)14-12-19)24(31-26(22)28-17(21)3)25(29)27-15-18-9-7-6-8-10-18;1-5-19-15(2)20-21(17-9-11-18(28-4)12-10-17)22(29-23(20)25-16(19)3)24(27)26-13-7-6-8-14-26;1-7-16-12(2)17-18(14-8-10-15(23)11-9-14)19(21(25)26-22(4,5)6)27-20(17)24-13(16)3;1-7-16-12(2)17-18(14-9-8-10-15(23)11-14)19(21(25)26-22(4,5)6)27-20(17)24-13(16)3;1-7-14-11(2)15-16(13-8-9-23-10-13)17(19(22)24-20(4,5)6)25-18(15)21-12(14)3/h6-14H,5,15H2,1-4H3,(H,27,29);9-12H,5-8,13-14H2,1-4H3;2*8-11H,7H2,1-6H3;8-10H,7H2,1-6H3. The smallest absolute Gasteiger partial charge is 0.349 e. The van der Waals surface area contributed by atoms with E-state index in [2.05, 4.69) is 93.6 Å². The fourth-order valence-corrected chi connectivity index (χ4v) is 24.8. The van der Waals surface area contributed by atoms with Gasteiger partial charge in [0.15, 0.2) is 0 Å². The first-order chi connectivity index (χ1) is 66.0. The molecule has 12 heterocycles. The van der Waals surface area contributed by atoms with Gasteiger partial charge in [-0.05, 0) is 321 Å². The Kier molecular flexibility index (Phi) is 33.6. The first kappa shape index (κ1) is 105. The maximum absolute atomic E-state index is 13.5. The number of pyridine rings is 5. The molecule has 11 aromatic heterocycles. The van der Waals surface area contributed by atoms with E-state index in [1.165, 1.54) is 107 Å². The van der Waals surface area contributed by atoms with Crippen molar-refractivity contribution < 1.29 is 52.1 Å². The first-order valence-corrected chi connectivity index (χ1v) is 52.2. The number of piperidine rings is 1. The number of thiophene rings is 5. The minimum Gasteiger partial charge on any atom is -0.497 e. The van der Waals surface area contributed by atoms with Gasteiger partial charge in [0, 0.05) is 118 Å². The molecule has 16 aromatic rings. The number of esters is 3. The zero-order valence-electron chi connectivity index (χ0n) is 84.6. The van der Waals surface area contributed by atoms with Crippen molar-refractivity contribution in [2.24, 2.45) is 0 Å². The van der Waals surface area contributed by atoms with Gasteiger partial charge in [-0.25, -0.2) is 39.3 Å². The van der Waals surface area contributed by atoms with Crippen LogP contribution in [0.4, 0.5) is 0 Å². The molecule has 1 fully saturated rings. The number of hydrogen-bond donors (Lipinski definition) is 1. The molecule has 0 spiro atoms. The summed E-state index contributed by atoms with van der Waals surface area (Å²) in [5.41, 5.74) is 26.1. The fourth-order valence-electron chi connectivity index (χ4n) is 18.4. The molecule has 139 heavy (non-hydrogen) atoms. The van der Waals surface area contributed by atoms with Gasteiger partial charge in [-0.1, -0.05) is 137 Å². The molecule has 0 unspecified atom stereocenters. The molecule has 1 saturated heterocycles. The Balaban J connectivity index is 0.000000147. The molecule has 0 atom stereocenters. The number of hydrogen-bond acceptors (Lipinski definition) is 21. The van der Waals surface area contributed by atoms with Crippen LogP contribution in [0.15, 0.2) is 150 Å². The normalized spacial score (nSPS) is 12.2. The lowest BCUT2D eigenvalue weighted by atomic mass is 9.95. The highest BCUT2D eigenvalue weighted by atomic mass is 35.5. The zero-order chi connectivity index (χ0) is 101. The number of nitrogens with zero attached hydrogens (tertiary/aromatic N) is 6. The van der Waals surface area contributed by atoms with E-state index in [1.54, 1.807) is 38.1 Å². The summed E-state index contributed by atoms with van der Waals surface area (Å²) < 4.78 is 32.9. The topological polar surface area (TPSA) is 224 Å². The van der Waals surface area contributed by atoms with Crippen molar-refractivity contribution in [2.75, 3.05) is 27.3 Å². The van der Waals surface area contributed by atoms with Crippen LogP contribution in [-0.2, 0) is 52.9 Å². The number of methoxy groups -OCH3 is 2. The van der Waals surface area contributed by atoms with Gasteiger partial charge in [0.2, 0.25) is 0 Å². The number of carbonyl (C=O) groups is 5. The van der Waals surface area contributed by atoms with Gasteiger partial charge in [-0.3, -0.25) is 9.59 Å². The van der Waals surface area contributed by atoms with Gasteiger partial charge in [0.1, 0.15) is 76.8 Å². The summed E-state index contributed by atoms with van der Waals surface area (Å²) in [5, 5.41) is 9.66. The van der Waals surface area contributed by atoms with Crippen LogP contribution in [-0.4, -0.2) is 104 Å². The number of amides is 2. The Bertz CT molecular complexity index is 7250. The lowest BCUT2D eigenvalue weighted by Crippen LogP contribution is -2.35. The number of halogens is 2. The van der Waals surface area contributed by atoms with E-state index in [-0.39, 0.29) is 29.7 Å². The van der Waals surface area contributed by atoms with Crippen molar-refractivity contribution in [1.82, 2.24) is 35.1 Å². The zero-order valence-corrected chi connectivity index (χ0v) is 90.2. The first-order valence-electron chi connectivity index (χ1n) is 47.3. The number of ether oxygens (including phenoxy) is 5. The van der Waals surface area contributed by atoms with E-state index in [4.69, 9.17) is 76.2 Å². The number of likely N-dealkylation sites (tertiary alicyclic amines) is 1. The van der Waals surface area contributed by atoms with Gasteiger partial charge in [0.25, 0.3) is 11.8 Å². The van der Waals surface area contributed by atoms with Crippen LogP contribution in [0.3, 0.4) is 0 Å². The molecule has 1 aliphatic heterocycles. The predicted octanol–water partition coefficient (Wildman–Crippen LogP) is 31.1. The lowest BCUT2D eigenvalue weighted by molar-refractivity contribution is 0.00634. The van der Waals surface area contributed by atoms with Crippen molar-refractivity contribution in [1.29, 1.82) is 0 Å². The maximum atomic E-state index is 13.5. The number of aromatic nitrogens is 5. The second kappa shape index (κ2) is 44.5. The molecule has 18 nitrogen and oxygen atoms in total. The second-order valence-corrected chi connectivity index (χ2v) is 43.6. The monoisotopic (exact) mass is 2000 g/mol. The minimum absolute atomic E-state index is 0.0761. The molecular formula is C114H125Cl2N7O11S5. The number of fused-ring (bicyclic) bond motifs is 5. The summed E-state index contributed by atoms with van der Waals surface area (Å²) in [4.78, 5) is 99.4. The number of benzene rings is 5. The van der Waals surface area contributed by atoms with E-state index in [0.29, 0.717) is 36.1 Å². The Labute approximate surface area is 846 Å². The molecule has 0 bridgehead atoms. The molecule has 2 amide bonds. The van der Waals surface area contributed by atoms with Crippen molar-refractivity contribution in [3.63, 3.8) is 0 Å². The summed E-state index contributed by atoms with van der Waals surface area (Å²) in [6, 6.07) is 42.9.